The molecule has 1 fully saturated rings. The summed E-state index contributed by atoms with van der Waals surface area (Å²) in [5.41, 5.74) is -0.527. The van der Waals surface area contributed by atoms with Crippen LogP contribution in [0.4, 0.5) is 0 Å². The van der Waals surface area contributed by atoms with Gasteiger partial charge in [-0.15, -0.1) is 0 Å². The number of nitrogens with zero attached hydrogens (tertiary/aromatic N) is 1. The molecule has 0 aromatic carbocycles. The molecular formula is C11H23NO. The van der Waals surface area contributed by atoms with E-state index in [2.05, 4.69) is 11.8 Å². The van der Waals surface area contributed by atoms with Crippen LogP contribution in [0.1, 0.15) is 40.0 Å². The number of rotatable bonds is 4. The number of hydrogen-bond acceptors (Lipinski definition) is 2. The number of likely N-dealkylation sites (tertiary alicyclic amines) is 1. The molecule has 2 heteroatoms. The predicted molar refractivity (Wildman–Crippen MR) is 55.8 cm³/mol. The molecule has 1 N–H and O–H groups in total. The fourth-order valence-corrected chi connectivity index (χ4v) is 2.25. The van der Waals surface area contributed by atoms with E-state index in [-0.39, 0.29) is 0 Å². The first-order valence-corrected chi connectivity index (χ1v) is 5.46. The van der Waals surface area contributed by atoms with Crippen molar-refractivity contribution < 1.29 is 5.11 Å². The Hall–Kier alpha value is -0.0800. The lowest BCUT2D eigenvalue weighted by Crippen LogP contribution is -2.37. The molecule has 0 saturated carbocycles. The third-order valence-electron chi connectivity index (χ3n) is 2.68. The van der Waals surface area contributed by atoms with Crippen LogP contribution >= 0.6 is 0 Å². The van der Waals surface area contributed by atoms with Gasteiger partial charge in [0.15, 0.2) is 0 Å². The molecule has 0 radical (unpaired) electrons. The summed E-state index contributed by atoms with van der Waals surface area (Å²) >= 11 is 0. The maximum absolute atomic E-state index is 9.65. The highest BCUT2D eigenvalue weighted by molar-refractivity contribution is 4.80. The van der Waals surface area contributed by atoms with Crippen LogP contribution in [0, 0.1) is 5.92 Å². The zero-order valence-electron chi connectivity index (χ0n) is 9.21. The third kappa shape index (κ3) is 4.10. The lowest BCUT2D eigenvalue weighted by Gasteiger charge is -2.25. The molecule has 1 saturated heterocycles. The molecule has 1 unspecified atom stereocenters. The lowest BCUT2D eigenvalue weighted by molar-refractivity contribution is 0.0427. The van der Waals surface area contributed by atoms with E-state index in [0.29, 0.717) is 0 Å². The first-order valence-electron chi connectivity index (χ1n) is 5.46. The Morgan fingerprint density at radius 1 is 1.46 bits per heavy atom. The summed E-state index contributed by atoms with van der Waals surface area (Å²) in [7, 11) is 0. The minimum absolute atomic E-state index is 0.527. The van der Waals surface area contributed by atoms with Crippen molar-refractivity contribution in [1.29, 1.82) is 0 Å². The summed E-state index contributed by atoms with van der Waals surface area (Å²) in [4.78, 5) is 2.39. The summed E-state index contributed by atoms with van der Waals surface area (Å²) in [6.45, 7) is 9.22. The lowest BCUT2D eigenvalue weighted by atomic mass is 10.0. The summed E-state index contributed by atoms with van der Waals surface area (Å²) in [6, 6.07) is 0. The molecule has 0 aromatic rings. The number of hydrogen-bond donors (Lipinski definition) is 1. The Morgan fingerprint density at radius 3 is 2.69 bits per heavy atom. The van der Waals surface area contributed by atoms with E-state index in [1.54, 1.807) is 0 Å². The monoisotopic (exact) mass is 185 g/mol. The molecule has 0 aromatic heterocycles. The topological polar surface area (TPSA) is 23.5 Å². The van der Waals surface area contributed by atoms with Crippen LogP contribution in [-0.2, 0) is 0 Å². The van der Waals surface area contributed by atoms with Gasteiger partial charge in [0.2, 0.25) is 0 Å². The average molecular weight is 185 g/mol. The van der Waals surface area contributed by atoms with E-state index in [4.69, 9.17) is 0 Å². The Morgan fingerprint density at radius 2 is 2.15 bits per heavy atom. The molecule has 0 bridgehead atoms. The SMILES string of the molecule is CCCC1CCN(CC(C)(C)O)C1. The zero-order chi connectivity index (χ0) is 9.90. The molecule has 1 rings (SSSR count). The van der Waals surface area contributed by atoms with Gasteiger partial charge in [-0.05, 0) is 39.2 Å². The van der Waals surface area contributed by atoms with Crippen molar-refractivity contribution in [2.45, 2.75) is 45.6 Å². The second-order valence-electron chi connectivity index (χ2n) is 4.99. The molecule has 1 atom stereocenters. The van der Waals surface area contributed by atoms with Gasteiger partial charge in [-0.3, -0.25) is 0 Å². The van der Waals surface area contributed by atoms with Crippen molar-refractivity contribution in [2.24, 2.45) is 5.92 Å². The maximum Gasteiger partial charge on any atom is 0.0718 e. The van der Waals surface area contributed by atoms with Gasteiger partial charge in [-0.1, -0.05) is 13.3 Å². The van der Waals surface area contributed by atoms with Gasteiger partial charge in [0.25, 0.3) is 0 Å². The fraction of sp³-hybridized carbons (Fsp3) is 1.00. The molecule has 1 aliphatic heterocycles. The largest absolute Gasteiger partial charge is 0.389 e. The molecule has 0 amide bonds. The van der Waals surface area contributed by atoms with Crippen molar-refractivity contribution in [2.75, 3.05) is 19.6 Å². The van der Waals surface area contributed by atoms with Gasteiger partial charge < -0.3 is 10.0 Å². The van der Waals surface area contributed by atoms with Crippen molar-refractivity contribution >= 4 is 0 Å². The minimum Gasteiger partial charge on any atom is -0.389 e. The van der Waals surface area contributed by atoms with Crippen molar-refractivity contribution in [3.63, 3.8) is 0 Å². The van der Waals surface area contributed by atoms with Crippen LogP contribution in [0.5, 0.6) is 0 Å². The van der Waals surface area contributed by atoms with Crippen molar-refractivity contribution in [3.8, 4) is 0 Å². The Labute approximate surface area is 81.9 Å². The van der Waals surface area contributed by atoms with Crippen molar-refractivity contribution in [1.82, 2.24) is 4.90 Å². The van der Waals surface area contributed by atoms with E-state index in [1.807, 2.05) is 13.8 Å². The number of aliphatic hydroxyl groups is 1. The molecule has 13 heavy (non-hydrogen) atoms. The van der Waals surface area contributed by atoms with Gasteiger partial charge in [-0.25, -0.2) is 0 Å². The zero-order valence-corrected chi connectivity index (χ0v) is 9.21. The molecular weight excluding hydrogens is 162 g/mol. The highest BCUT2D eigenvalue weighted by Crippen LogP contribution is 2.22. The minimum atomic E-state index is -0.527. The Bertz CT molecular complexity index is 151. The van der Waals surface area contributed by atoms with Crippen LogP contribution in [0.15, 0.2) is 0 Å². The van der Waals surface area contributed by atoms with E-state index < -0.39 is 5.60 Å². The standard InChI is InChI=1S/C11H23NO/c1-4-5-10-6-7-12(8-10)9-11(2,3)13/h10,13H,4-9H2,1-3H3. The van der Waals surface area contributed by atoms with Gasteiger partial charge in [-0.2, -0.15) is 0 Å². The van der Waals surface area contributed by atoms with E-state index in [0.717, 1.165) is 12.5 Å². The second-order valence-corrected chi connectivity index (χ2v) is 4.99. The molecule has 2 nitrogen and oxygen atoms in total. The van der Waals surface area contributed by atoms with E-state index >= 15 is 0 Å². The van der Waals surface area contributed by atoms with Gasteiger partial charge in [0.05, 0.1) is 5.60 Å². The molecule has 1 heterocycles. The molecule has 1 aliphatic rings. The molecule has 78 valence electrons. The second kappa shape index (κ2) is 4.43. The number of β-amino-alcohol motifs (C(OH)–C–C–N with tert-alkyl or cyclic N) is 1. The van der Waals surface area contributed by atoms with E-state index in [9.17, 15) is 5.11 Å². The fourth-order valence-electron chi connectivity index (χ4n) is 2.25. The van der Waals surface area contributed by atoms with Gasteiger partial charge in [0, 0.05) is 13.1 Å². The van der Waals surface area contributed by atoms with Crippen molar-refractivity contribution in [3.05, 3.63) is 0 Å². The third-order valence-corrected chi connectivity index (χ3v) is 2.68. The Balaban J connectivity index is 2.25. The first-order chi connectivity index (χ1) is 6.01. The molecule has 0 aliphatic carbocycles. The maximum atomic E-state index is 9.65. The first kappa shape index (κ1) is 11.0. The Kier molecular flexibility index (Phi) is 3.74. The summed E-state index contributed by atoms with van der Waals surface area (Å²) in [5, 5.41) is 9.65. The average Bonchev–Trinajstić information content (AvgIpc) is 2.33. The van der Waals surface area contributed by atoms with Gasteiger partial charge in [0.1, 0.15) is 0 Å². The normalized spacial score (nSPS) is 25.4. The van der Waals surface area contributed by atoms with Crippen LogP contribution in [0.3, 0.4) is 0 Å². The summed E-state index contributed by atoms with van der Waals surface area (Å²) < 4.78 is 0. The smallest absolute Gasteiger partial charge is 0.0718 e. The van der Waals surface area contributed by atoms with Gasteiger partial charge >= 0.3 is 0 Å². The van der Waals surface area contributed by atoms with Crippen LogP contribution < -0.4 is 0 Å². The summed E-state index contributed by atoms with van der Waals surface area (Å²) in [5.74, 6) is 0.882. The quantitative estimate of drug-likeness (QED) is 0.723. The predicted octanol–water partition coefficient (Wildman–Crippen LogP) is 1.88. The van der Waals surface area contributed by atoms with Crippen LogP contribution in [0.2, 0.25) is 0 Å². The highest BCUT2D eigenvalue weighted by Gasteiger charge is 2.25. The van der Waals surface area contributed by atoms with Crippen LogP contribution in [-0.4, -0.2) is 35.2 Å². The molecule has 0 spiro atoms. The summed E-state index contributed by atoms with van der Waals surface area (Å²) in [6.07, 6.45) is 3.97. The van der Waals surface area contributed by atoms with Crippen LogP contribution in [0.25, 0.3) is 0 Å². The highest BCUT2D eigenvalue weighted by atomic mass is 16.3. The van der Waals surface area contributed by atoms with E-state index in [1.165, 1.54) is 32.4 Å².